The largest absolute Gasteiger partial charge is 0.393 e. The fourth-order valence-electron chi connectivity index (χ4n) is 2.64. The maximum atomic E-state index is 13.2. The number of rotatable bonds is 4. The molecule has 22 heavy (non-hydrogen) atoms. The molecule has 0 heterocycles. The molecule has 0 unspecified atom stereocenters. The van der Waals surface area contributed by atoms with Crippen LogP contribution in [-0.2, 0) is 0 Å². The molecule has 0 spiro atoms. The summed E-state index contributed by atoms with van der Waals surface area (Å²) < 4.78 is 26.1. The highest BCUT2D eigenvalue weighted by atomic mass is 19.2. The second kappa shape index (κ2) is 7.54. The molecule has 0 radical (unpaired) electrons. The highest BCUT2D eigenvalue weighted by Crippen LogP contribution is 2.19. The van der Waals surface area contributed by atoms with E-state index in [2.05, 4.69) is 10.6 Å². The lowest BCUT2D eigenvalue weighted by Gasteiger charge is -2.26. The summed E-state index contributed by atoms with van der Waals surface area (Å²) in [6.45, 7) is 2.18. The van der Waals surface area contributed by atoms with Crippen molar-refractivity contribution in [3.63, 3.8) is 0 Å². The highest BCUT2D eigenvalue weighted by molar-refractivity contribution is 5.74. The summed E-state index contributed by atoms with van der Waals surface area (Å²) in [5, 5.41) is 15.0. The third-order valence-corrected chi connectivity index (χ3v) is 4.11. The Hall–Kier alpha value is -1.69. The average molecular weight is 312 g/mol. The van der Waals surface area contributed by atoms with Crippen LogP contribution in [0.4, 0.5) is 13.6 Å². The van der Waals surface area contributed by atoms with Crippen LogP contribution in [0.2, 0.25) is 0 Å². The number of hydrogen-bond donors (Lipinski definition) is 3. The lowest BCUT2D eigenvalue weighted by molar-refractivity contribution is 0.117. The summed E-state index contributed by atoms with van der Waals surface area (Å²) in [7, 11) is 0. The van der Waals surface area contributed by atoms with Crippen molar-refractivity contribution in [2.75, 3.05) is 6.54 Å². The molecule has 1 aliphatic rings. The van der Waals surface area contributed by atoms with Crippen molar-refractivity contribution < 1.29 is 18.7 Å². The Morgan fingerprint density at radius 3 is 2.59 bits per heavy atom. The van der Waals surface area contributed by atoms with E-state index in [1.807, 2.05) is 6.92 Å². The molecule has 6 heteroatoms. The standard InChI is InChI=1S/C16H22F2N2O2/c1-10(11-2-7-14(17)15(18)8-11)9-19-16(22)20-12-3-5-13(21)6-4-12/h2,7-8,10,12-13,21H,3-6,9H2,1H3,(H2,19,20,22)/t10-,12?,13?/m0/s1. The zero-order valence-corrected chi connectivity index (χ0v) is 12.6. The summed E-state index contributed by atoms with van der Waals surface area (Å²) in [6.07, 6.45) is 2.70. The second-order valence-electron chi connectivity index (χ2n) is 5.93. The molecule has 1 aromatic carbocycles. The molecule has 0 saturated heterocycles. The van der Waals surface area contributed by atoms with Crippen molar-refractivity contribution in [2.24, 2.45) is 0 Å². The molecule has 1 aromatic rings. The van der Waals surface area contributed by atoms with Crippen LogP contribution in [0.15, 0.2) is 18.2 Å². The van der Waals surface area contributed by atoms with Crippen LogP contribution < -0.4 is 10.6 Å². The van der Waals surface area contributed by atoms with E-state index < -0.39 is 11.6 Å². The number of aliphatic hydroxyl groups excluding tert-OH is 1. The van der Waals surface area contributed by atoms with Gasteiger partial charge in [0.2, 0.25) is 0 Å². The van der Waals surface area contributed by atoms with Crippen molar-refractivity contribution >= 4 is 6.03 Å². The van der Waals surface area contributed by atoms with E-state index in [4.69, 9.17) is 0 Å². The van der Waals surface area contributed by atoms with Crippen molar-refractivity contribution in [1.29, 1.82) is 0 Å². The van der Waals surface area contributed by atoms with Gasteiger partial charge < -0.3 is 15.7 Å². The molecule has 1 saturated carbocycles. The fourth-order valence-corrected chi connectivity index (χ4v) is 2.64. The number of urea groups is 1. The zero-order valence-electron chi connectivity index (χ0n) is 12.6. The van der Waals surface area contributed by atoms with Crippen LogP contribution in [0, 0.1) is 11.6 Å². The number of benzene rings is 1. The van der Waals surface area contributed by atoms with Crippen LogP contribution in [0.3, 0.4) is 0 Å². The third-order valence-electron chi connectivity index (χ3n) is 4.11. The van der Waals surface area contributed by atoms with Crippen LogP contribution in [0.25, 0.3) is 0 Å². The Bertz CT molecular complexity index is 517. The summed E-state index contributed by atoms with van der Waals surface area (Å²) >= 11 is 0. The van der Waals surface area contributed by atoms with Crippen molar-refractivity contribution in [3.05, 3.63) is 35.4 Å². The molecular formula is C16H22F2N2O2. The van der Waals surface area contributed by atoms with E-state index in [0.29, 0.717) is 24.9 Å². The predicted octanol–water partition coefficient (Wildman–Crippen LogP) is 2.67. The van der Waals surface area contributed by atoms with Gasteiger partial charge in [0, 0.05) is 12.6 Å². The van der Waals surface area contributed by atoms with Gasteiger partial charge in [0.1, 0.15) is 0 Å². The van der Waals surface area contributed by atoms with Gasteiger partial charge in [-0.25, -0.2) is 13.6 Å². The van der Waals surface area contributed by atoms with Gasteiger partial charge in [-0.05, 0) is 49.3 Å². The maximum Gasteiger partial charge on any atom is 0.315 e. The van der Waals surface area contributed by atoms with Crippen LogP contribution in [0.1, 0.15) is 44.1 Å². The first-order chi connectivity index (χ1) is 10.5. The third kappa shape index (κ3) is 4.66. The van der Waals surface area contributed by atoms with Gasteiger partial charge in [-0.2, -0.15) is 0 Å². The summed E-state index contributed by atoms with van der Waals surface area (Å²) in [5.41, 5.74) is 0.639. The van der Waals surface area contributed by atoms with Gasteiger partial charge >= 0.3 is 6.03 Å². The van der Waals surface area contributed by atoms with Gasteiger partial charge in [0.05, 0.1) is 6.10 Å². The Kier molecular flexibility index (Phi) is 5.71. The number of nitrogens with one attached hydrogen (secondary N) is 2. The first-order valence-corrected chi connectivity index (χ1v) is 7.63. The number of aliphatic hydroxyl groups is 1. The highest BCUT2D eigenvalue weighted by Gasteiger charge is 2.20. The molecule has 0 bridgehead atoms. The molecule has 4 nitrogen and oxygen atoms in total. The van der Waals surface area contributed by atoms with Crippen LogP contribution in [0.5, 0.6) is 0 Å². The minimum absolute atomic E-state index is 0.0852. The SMILES string of the molecule is C[C@@H](CNC(=O)NC1CCC(O)CC1)c1ccc(F)c(F)c1. The molecule has 2 rings (SSSR count). The number of amides is 2. The van der Waals surface area contributed by atoms with Gasteiger partial charge in [-0.15, -0.1) is 0 Å². The minimum Gasteiger partial charge on any atom is -0.393 e. The average Bonchev–Trinajstić information content (AvgIpc) is 2.50. The molecule has 0 aromatic heterocycles. The Labute approximate surface area is 128 Å². The lowest BCUT2D eigenvalue weighted by Crippen LogP contribution is -2.45. The smallest absolute Gasteiger partial charge is 0.315 e. The van der Waals surface area contributed by atoms with Gasteiger partial charge in [0.25, 0.3) is 0 Å². The van der Waals surface area contributed by atoms with E-state index in [1.54, 1.807) is 0 Å². The molecule has 1 atom stereocenters. The summed E-state index contributed by atoms with van der Waals surface area (Å²) in [4.78, 5) is 11.8. The molecule has 1 aliphatic carbocycles. The second-order valence-corrected chi connectivity index (χ2v) is 5.93. The van der Waals surface area contributed by atoms with Gasteiger partial charge in [0.15, 0.2) is 11.6 Å². The predicted molar refractivity (Wildman–Crippen MR) is 79.6 cm³/mol. The molecule has 2 amide bonds. The van der Waals surface area contributed by atoms with E-state index in [9.17, 15) is 18.7 Å². The Morgan fingerprint density at radius 1 is 1.27 bits per heavy atom. The zero-order chi connectivity index (χ0) is 16.1. The van der Waals surface area contributed by atoms with E-state index >= 15 is 0 Å². The Balaban J connectivity index is 1.76. The van der Waals surface area contributed by atoms with Gasteiger partial charge in [-0.3, -0.25) is 0 Å². The normalized spacial score (nSPS) is 22.9. The first kappa shape index (κ1) is 16.7. The van der Waals surface area contributed by atoms with E-state index in [-0.39, 0.29) is 24.1 Å². The lowest BCUT2D eigenvalue weighted by atomic mass is 9.93. The molecular weight excluding hydrogens is 290 g/mol. The monoisotopic (exact) mass is 312 g/mol. The fraction of sp³-hybridized carbons (Fsp3) is 0.562. The van der Waals surface area contributed by atoms with Crippen LogP contribution >= 0.6 is 0 Å². The molecule has 1 fully saturated rings. The Morgan fingerprint density at radius 2 is 1.95 bits per heavy atom. The molecule has 3 N–H and O–H groups in total. The van der Waals surface area contributed by atoms with E-state index in [0.717, 1.165) is 25.0 Å². The maximum absolute atomic E-state index is 13.2. The first-order valence-electron chi connectivity index (χ1n) is 7.63. The van der Waals surface area contributed by atoms with Gasteiger partial charge in [-0.1, -0.05) is 13.0 Å². The quantitative estimate of drug-likeness (QED) is 0.800. The summed E-state index contributed by atoms with van der Waals surface area (Å²) in [5.74, 6) is -1.87. The van der Waals surface area contributed by atoms with Crippen molar-refractivity contribution in [1.82, 2.24) is 10.6 Å². The minimum atomic E-state index is -0.880. The van der Waals surface area contributed by atoms with E-state index in [1.165, 1.54) is 6.07 Å². The topological polar surface area (TPSA) is 61.4 Å². The number of carbonyl (C=O) groups excluding carboxylic acids is 1. The van der Waals surface area contributed by atoms with Crippen molar-refractivity contribution in [2.45, 2.75) is 50.7 Å². The number of carbonyl (C=O) groups is 1. The number of halogens is 2. The van der Waals surface area contributed by atoms with Crippen LogP contribution in [-0.4, -0.2) is 29.8 Å². The molecule has 0 aliphatic heterocycles. The number of hydrogen-bond acceptors (Lipinski definition) is 2. The summed E-state index contributed by atoms with van der Waals surface area (Å²) in [6, 6.07) is 3.58. The van der Waals surface area contributed by atoms with Crippen molar-refractivity contribution in [3.8, 4) is 0 Å². The molecule has 122 valence electrons.